The van der Waals surface area contributed by atoms with Gasteiger partial charge < -0.3 is 4.90 Å². The zero-order chi connectivity index (χ0) is 13.5. The minimum absolute atomic E-state index is 0.0554. The third kappa shape index (κ3) is 4.04. The summed E-state index contributed by atoms with van der Waals surface area (Å²) in [5, 5.41) is 4.83. The molecule has 4 nitrogen and oxygen atoms in total. The maximum Gasteiger partial charge on any atom is 0.196 e. The molecule has 0 aliphatic carbocycles. The molecule has 1 rings (SSSR count). The molecule has 0 bridgehead atoms. The molecular formula is C13H18ClN3O. The number of hydrogen-bond donors (Lipinski definition) is 1. The largest absolute Gasteiger partial charge is 0.353 e. The van der Waals surface area contributed by atoms with E-state index in [1.165, 1.54) is 6.92 Å². The van der Waals surface area contributed by atoms with Crippen molar-refractivity contribution in [1.82, 2.24) is 4.90 Å². The van der Waals surface area contributed by atoms with Crippen LogP contribution >= 0.6 is 11.6 Å². The summed E-state index contributed by atoms with van der Waals surface area (Å²) >= 11 is 5.79. The zero-order valence-electron chi connectivity index (χ0n) is 10.9. The van der Waals surface area contributed by atoms with Crippen molar-refractivity contribution in [3.8, 4) is 0 Å². The minimum Gasteiger partial charge on any atom is -0.353 e. The summed E-state index contributed by atoms with van der Waals surface area (Å²) in [6.07, 6.45) is 0. The van der Waals surface area contributed by atoms with Crippen LogP contribution in [0.2, 0.25) is 5.02 Å². The topological polar surface area (TPSA) is 44.7 Å². The van der Waals surface area contributed by atoms with Crippen LogP contribution in [0, 0.1) is 0 Å². The van der Waals surface area contributed by atoms with Gasteiger partial charge in [0.1, 0.15) is 0 Å². The van der Waals surface area contributed by atoms with E-state index in [1.54, 1.807) is 12.1 Å². The highest BCUT2D eigenvalue weighted by molar-refractivity contribution is 6.37. The lowest BCUT2D eigenvalue weighted by Gasteiger charge is -2.20. The molecule has 1 aromatic carbocycles. The van der Waals surface area contributed by atoms with Crippen LogP contribution in [0.15, 0.2) is 29.4 Å². The number of nitrogens with zero attached hydrogens (tertiary/aromatic N) is 2. The molecule has 0 unspecified atom stereocenters. The van der Waals surface area contributed by atoms with Gasteiger partial charge in [0.2, 0.25) is 0 Å². The van der Waals surface area contributed by atoms with Crippen molar-refractivity contribution in [3.05, 3.63) is 29.3 Å². The second-order valence-electron chi connectivity index (χ2n) is 3.78. The standard InChI is InChI=1S/C13H18ClN3O/c1-4-17(5-2)13(10(3)18)16-15-12-8-6-11(14)7-9-12/h6-9,15H,4-5H2,1-3H3. The average Bonchev–Trinajstić information content (AvgIpc) is 2.36. The van der Waals surface area contributed by atoms with Crippen molar-refractivity contribution < 1.29 is 4.79 Å². The Kier molecular flexibility index (Phi) is 5.65. The van der Waals surface area contributed by atoms with Crippen LogP contribution in [0.25, 0.3) is 0 Å². The third-order valence-corrected chi connectivity index (χ3v) is 2.76. The van der Waals surface area contributed by atoms with Gasteiger partial charge in [-0.1, -0.05) is 11.6 Å². The zero-order valence-corrected chi connectivity index (χ0v) is 11.7. The first-order valence-electron chi connectivity index (χ1n) is 5.93. The fraction of sp³-hybridized carbons (Fsp3) is 0.385. The Balaban J connectivity index is 2.83. The number of Topliss-reactive ketones (excluding diaryl/α,β-unsaturated/α-hetero) is 1. The molecule has 0 radical (unpaired) electrons. The Morgan fingerprint density at radius 2 is 1.83 bits per heavy atom. The first-order chi connectivity index (χ1) is 8.58. The first kappa shape index (κ1) is 14.5. The van der Waals surface area contributed by atoms with Crippen molar-refractivity contribution >= 4 is 28.9 Å². The van der Waals surface area contributed by atoms with Crippen LogP contribution in [-0.2, 0) is 4.79 Å². The number of likely N-dealkylation sites (N-methyl/N-ethyl adjacent to an activating group) is 1. The second kappa shape index (κ2) is 7.01. The number of benzene rings is 1. The maximum absolute atomic E-state index is 11.5. The van der Waals surface area contributed by atoms with Gasteiger partial charge in [0.25, 0.3) is 0 Å². The number of carbonyl (C=O) groups excluding carboxylic acids is 1. The van der Waals surface area contributed by atoms with E-state index in [9.17, 15) is 4.79 Å². The van der Waals surface area contributed by atoms with Gasteiger partial charge in [-0.3, -0.25) is 10.2 Å². The highest BCUT2D eigenvalue weighted by atomic mass is 35.5. The third-order valence-electron chi connectivity index (χ3n) is 2.51. The maximum atomic E-state index is 11.5. The number of carbonyl (C=O) groups is 1. The van der Waals surface area contributed by atoms with Gasteiger partial charge >= 0.3 is 0 Å². The molecular weight excluding hydrogens is 250 g/mol. The molecule has 1 N–H and O–H groups in total. The molecule has 0 saturated heterocycles. The average molecular weight is 268 g/mol. The molecule has 98 valence electrons. The number of nitrogens with one attached hydrogen (secondary N) is 1. The highest BCUT2D eigenvalue weighted by Gasteiger charge is 2.12. The van der Waals surface area contributed by atoms with Crippen molar-refractivity contribution in [2.24, 2.45) is 5.10 Å². The Bertz CT molecular complexity index is 424. The van der Waals surface area contributed by atoms with E-state index in [4.69, 9.17) is 11.6 Å². The summed E-state index contributed by atoms with van der Waals surface area (Å²) < 4.78 is 0. The minimum atomic E-state index is -0.0554. The molecule has 0 saturated carbocycles. The molecule has 18 heavy (non-hydrogen) atoms. The molecule has 5 heteroatoms. The van der Waals surface area contributed by atoms with E-state index in [1.807, 2.05) is 30.9 Å². The van der Waals surface area contributed by atoms with Crippen molar-refractivity contribution in [2.75, 3.05) is 18.5 Å². The van der Waals surface area contributed by atoms with Gasteiger partial charge in [-0.25, -0.2) is 0 Å². The fourth-order valence-corrected chi connectivity index (χ4v) is 1.66. The van der Waals surface area contributed by atoms with Crippen LogP contribution in [-0.4, -0.2) is 29.6 Å². The lowest BCUT2D eigenvalue weighted by molar-refractivity contribution is -0.111. The number of hydrogen-bond acceptors (Lipinski definition) is 3. The van der Waals surface area contributed by atoms with Crippen molar-refractivity contribution in [1.29, 1.82) is 0 Å². The van der Waals surface area contributed by atoms with Crippen LogP contribution in [0.4, 0.5) is 5.69 Å². The number of anilines is 1. The lowest BCUT2D eigenvalue weighted by atomic mass is 10.3. The number of hydrazone groups is 1. The monoisotopic (exact) mass is 267 g/mol. The predicted octanol–water partition coefficient (Wildman–Crippen LogP) is 3.00. The van der Waals surface area contributed by atoms with Crippen LogP contribution in [0.1, 0.15) is 20.8 Å². The number of ketones is 1. The number of rotatable bonds is 5. The van der Waals surface area contributed by atoms with Gasteiger partial charge in [-0.05, 0) is 38.1 Å². The predicted molar refractivity (Wildman–Crippen MR) is 76.1 cm³/mol. The van der Waals surface area contributed by atoms with Crippen molar-refractivity contribution in [2.45, 2.75) is 20.8 Å². The Morgan fingerprint density at radius 1 is 1.28 bits per heavy atom. The molecule has 0 aliphatic heterocycles. The Hall–Kier alpha value is -1.55. The summed E-state index contributed by atoms with van der Waals surface area (Å²) in [7, 11) is 0. The SMILES string of the molecule is CCN(CC)C(=NNc1ccc(Cl)cc1)C(C)=O. The molecule has 0 aliphatic rings. The van der Waals surface area contributed by atoms with Crippen LogP contribution in [0.5, 0.6) is 0 Å². The molecule has 0 heterocycles. The van der Waals surface area contributed by atoms with E-state index in [0.717, 1.165) is 18.8 Å². The van der Waals surface area contributed by atoms with Gasteiger partial charge in [-0.2, -0.15) is 5.10 Å². The number of amidine groups is 1. The molecule has 0 fully saturated rings. The molecule has 0 spiro atoms. The summed E-state index contributed by atoms with van der Waals surface area (Å²) in [6, 6.07) is 7.16. The summed E-state index contributed by atoms with van der Waals surface area (Å²) in [5.74, 6) is 0.384. The highest BCUT2D eigenvalue weighted by Crippen LogP contribution is 2.13. The molecule has 1 aromatic rings. The second-order valence-corrected chi connectivity index (χ2v) is 4.22. The van der Waals surface area contributed by atoms with Gasteiger partial charge in [0.15, 0.2) is 11.6 Å². The van der Waals surface area contributed by atoms with Crippen LogP contribution in [0.3, 0.4) is 0 Å². The quantitative estimate of drug-likeness (QED) is 0.507. The smallest absolute Gasteiger partial charge is 0.196 e. The molecule has 0 amide bonds. The van der Waals surface area contributed by atoms with Gasteiger partial charge in [-0.15, -0.1) is 0 Å². The van der Waals surface area contributed by atoms with Crippen molar-refractivity contribution in [3.63, 3.8) is 0 Å². The Labute approximate surface area is 113 Å². The van der Waals surface area contributed by atoms with E-state index in [-0.39, 0.29) is 5.78 Å². The van der Waals surface area contributed by atoms with E-state index in [0.29, 0.717) is 10.9 Å². The summed E-state index contributed by atoms with van der Waals surface area (Å²) in [4.78, 5) is 13.5. The summed E-state index contributed by atoms with van der Waals surface area (Å²) in [6.45, 7) is 6.99. The molecule has 0 atom stereocenters. The summed E-state index contributed by atoms with van der Waals surface area (Å²) in [5.41, 5.74) is 3.67. The lowest BCUT2D eigenvalue weighted by Crippen LogP contribution is -2.36. The Morgan fingerprint density at radius 3 is 2.28 bits per heavy atom. The number of halogens is 1. The van der Waals surface area contributed by atoms with E-state index >= 15 is 0 Å². The van der Waals surface area contributed by atoms with E-state index < -0.39 is 0 Å². The van der Waals surface area contributed by atoms with E-state index in [2.05, 4.69) is 10.5 Å². The van der Waals surface area contributed by atoms with Gasteiger partial charge in [0.05, 0.1) is 5.69 Å². The fourth-order valence-electron chi connectivity index (χ4n) is 1.54. The molecule has 0 aromatic heterocycles. The first-order valence-corrected chi connectivity index (χ1v) is 6.31. The normalized spacial score (nSPS) is 11.2. The van der Waals surface area contributed by atoms with Gasteiger partial charge in [0, 0.05) is 25.0 Å². The van der Waals surface area contributed by atoms with Crippen LogP contribution < -0.4 is 5.43 Å².